The van der Waals surface area contributed by atoms with Gasteiger partial charge >= 0.3 is 0 Å². The minimum Gasteiger partial charge on any atom is -0.369 e. The van der Waals surface area contributed by atoms with Crippen LogP contribution in [0, 0.1) is 23.7 Å². The molecule has 4 atom stereocenters. The summed E-state index contributed by atoms with van der Waals surface area (Å²) in [5.41, 5.74) is 0. The van der Waals surface area contributed by atoms with E-state index in [0.29, 0.717) is 12.2 Å². The highest BCUT2D eigenvalue weighted by molar-refractivity contribution is 5.15. The van der Waals surface area contributed by atoms with Crippen LogP contribution in [0.15, 0.2) is 0 Å². The van der Waals surface area contributed by atoms with Gasteiger partial charge in [-0.2, -0.15) is 0 Å². The molecule has 1 nitrogen and oxygen atoms in total. The molecule has 2 aliphatic carbocycles. The summed E-state index contributed by atoms with van der Waals surface area (Å²) in [6.07, 6.45) is 9.89. The number of hydrogen-bond donors (Lipinski definition) is 0. The Morgan fingerprint density at radius 3 is 2.47 bits per heavy atom. The Morgan fingerprint density at radius 2 is 1.73 bits per heavy atom. The normalized spacial score (nSPS) is 47.6. The molecule has 1 heterocycles. The lowest BCUT2D eigenvalue weighted by atomic mass is 9.66. The van der Waals surface area contributed by atoms with E-state index in [-0.39, 0.29) is 0 Å². The minimum atomic E-state index is 0.602. The largest absolute Gasteiger partial charge is 0.369 e. The summed E-state index contributed by atoms with van der Waals surface area (Å²) in [5, 5.41) is 0. The minimum absolute atomic E-state index is 0.602. The van der Waals surface area contributed by atoms with Gasteiger partial charge in [-0.3, -0.25) is 0 Å². The summed E-state index contributed by atoms with van der Waals surface area (Å²) in [6, 6.07) is 0. The molecule has 3 rings (SSSR count). The average molecular weight is 207 g/mol. The van der Waals surface area contributed by atoms with Crippen LogP contribution in [0.2, 0.25) is 0 Å². The summed E-state index contributed by atoms with van der Waals surface area (Å²) < 4.78 is 5.80. The van der Waals surface area contributed by atoms with Crippen molar-refractivity contribution in [2.45, 2.75) is 64.6 Å². The zero-order valence-electron chi connectivity index (χ0n) is 10.0. The maximum atomic E-state index is 5.80. The summed E-state index contributed by atoms with van der Waals surface area (Å²) >= 11 is 0. The number of hydrogen-bond acceptors (Lipinski definition) is 1. The van der Waals surface area contributed by atoms with Crippen molar-refractivity contribution in [1.82, 2.24) is 0 Å². The fourth-order valence-corrected chi connectivity index (χ4v) is 3.89. The summed E-state index contributed by atoms with van der Waals surface area (Å²) in [5.74, 6) is 4.36. The van der Waals surface area contributed by atoms with Gasteiger partial charge in [-0.05, 0) is 42.9 Å². The monoisotopic (exact) mass is 207 g/mol. The van der Waals surface area contributed by atoms with Gasteiger partial charge < -0.3 is 4.74 Å². The third kappa shape index (κ3) is 1.73. The Bertz CT molecular complexity index is 231. The Hall–Kier alpha value is -0.0400. The van der Waals surface area contributed by atoms with Gasteiger partial charge in [0.05, 0.1) is 12.2 Å². The van der Waals surface area contributed by atoms with Crippen LogP contribution >= 0.6 is 0 Å². The fraction of sp³-hybridized carbons (Fsp3) is 0.929. The number of fused-ring (bicyclic) bond motifs is 1. The Kier molecular flexibility index (Phi) is 2.54. The summed E-state index contributed by atoms with van der Waals surface area (Å²) in [7, 11) is 0. The number of ether oxygens (including phenoxy) is 1. The molecule has 15 heavy (non-hydrogen) atoms. The molecule has 0 aromatic rings. The van der Waals surface area contributed by atoms with Gasteiger partial charge in [0.2, 0.25) is 0 Å². The van der Waals surface area contributed by atoms with Crippen molar-refractivity contribution in [3.05, 3.63) is 5.92 Å². The van der Waals surface area contributed by atoms with Gasteiger partial charge in [0, 0.05) is 0 Å². The van der Waals surface area contributed by atoms with E-state index in [1.165, 1.54) is 38.5 Å². The standard InChI is InChI=1S/C14H23O/c1-9-8-12(10(2)14-13(9)15-14)11-6-4-3-5-7-11/h9-11,13-14H,3-8H2,1-2H3. The lowest BCUT2D eigenvalue weighted by Gasteiger charge is -2.37. The second kappa shape index (κ2) is 3.76. The van der Waals surface area contributed by atoms with Crippen molar-refractivity contribution in [2.24, 2.45) is 17.8 Å². The number of epoxide rings is 1. The highest BCUT2D eigenvalue weighted by atomic mass is 16.6. The van der Waals surface area contributed by atoms with E-state index in [4.69, 9.17) is 4.74 Å². The molecule has 85 valence electrons. The zero-order valence-corrected chi connectivity index (χ0v) is 10.0. The van der Waals surface area contributed by atoms with Crippen molar-refractivity contribution in [2.75, 3.05) is 0 Å². The summed E-state index contributed by atoms with van der Waals surface area (Å²) in [6.45, 7) is 4.78. The van der Waals surface area contributed by atoms with E-state index in [1.54, 1.807) is 0 Å². The van der Waals surface area contributed by atoms with Crippen LogP contribution in [0.3, 0.4) is 0 Å². The van der Waals surface area contributed by atoms with Crippen molar-refractivity contribution >= 4 is 0 Å². The zero-order chi connectivity index (χ0) is 10.4. The SMILES string of the molecule is CC1C[C](C2CCCCC2)C(C)C2OC12. The molecule has 0 spiro atoms. The van der Waals surface area contributed by atoms with E-state index in [2.05, 4.69) is 13.8 Å². The Labute approximate surface area is 93.6 Å². The molecular formula is C14H23O. The maximum absolute atomic E-state index is 5.80. The Morgan fingerprint density at radius 1 is 1.00 bits per heavy atom. The van der Waals surface area contributed by atoms with Crippen LogP contribution in [0.25, 0.3) is 0 Å². The molecule has 0 amide bonds. The van der Waals surface area contributed by atoms with Crippen molar-refractivity contribution in [1.29, 1.82) is 0 Å². The number of rotatable bonds is 1. The van der Waals surface area contributed by atoms with Gasteiger partial charge in [-0.25, -0.2) is 0 Å². The second-order valence-electron chi connectivity index (χ2n) is 5.95. The molecule has 1 radical (unpaired) electrons. The molecule has 0 aromatic heterocycles. The second-order valence-corrected chi connectivity index (χ2v) is 5.95. The molecular weight excluding hydrogens is 184 g/mol. The molecule has 3 aliphatic rings. The first-order chi connectivity index (χ1) is 7.27. The maximum Gasteiger partial charge on any atom is 0.0875 e. The van der Waals surface area contributed by atoms with Gasteiger partial charge in [0.15, 0.2) is 0 Å². The van der Waals surface area contributed by atoms with Gasteiger partial charge in [0.1, 0.15) is 0 Å². The van der Waals surface area contributed by atoms with Gasteiger partial charge in [-0.15, -0.1) is 0 Å². The van der Waals surface area contributed by atoms with Crippen LogP contribution in [-0.4, -0.2) is 12.2 Å². The van der Waals surface area contributed by atoms with Gasteiger partial charge in [0.25, 0.3) is 0 Å². The highest BCUT2D eigenvalue weighted by Gasteiger charge is 2.54. The van der Waals surface area contributed by atoms with E-state index < -0.39 is 0 Å². The van der Waals surface area contributed by atoms with E-state index >= 15 is 0 Å². The first-order valence-electron chi connectivity index (χ1n) is 6.78. The molecule has 1 saturated heterocycles. The lowest BCUT2D eigenvalue weighted by molar-refractivity contribution is 0.268. The topological polar surface area (TPSA) is 12.5 Å². The molecule has 3 fully saturated rings. The molecule has 1 heteroatoms. The van der Waals surface area contributed by atoms with Crippen LogP contribution in [0.5, 0.6) is 0 Å². The summed E-state index contributed by atoms with van der Waals surface area (Å²) in [4.78, 5) is 0. The van der Waals surface area contributed by atoms with Crippen molar-refractivity contribution in [3.8, 4) is 0 Å². The quantitative estimate of drug-likeness (QED) is 0.599. The smallest absolute Gasteiger partial charge is 0.0875 e. The van der Waals surface area contributed by atoms with E-state index in [9.17, 15) is 0 Å². The third-order valence-electron chi connectivity index (χ3n) is 4.89. The van der Waals surface area contributed by atoms with E-state index in [0.717, 1.165) is 17.8 Å². The predicted molar refractivity (Wildman–Crippen MR) is 61.4 cm³/mol. The van der Waals surface area contributed by atoms with Gasteiger partial charge in [-0.1, -0.05) is 33.1 Å². The molecule has 0 bridgehead atoms. The predicted octanol–water partition coefficient (Wildman–Crippen LogP) is 3.58. The first-order valence-corrected chi connectivity index (χ1v) is 6.78. The van der Waals surface area contributed by atoms with Crippen molar-refractivity contribution < 1.29 is 4.74 Å². The highest BCUT2D eigenvalue weighted by Crippen LogP contribution is 2.52. The first kappa shape index (κ1) is 10.1. The lowest BCUT2D eigenvalue weighted by Crippen LogP contribution is -2.33. The fourth-order valence-electron chi connectivity index (χ4n) is 3.89. The van der Waals surface area contributed by atoms with Crippen LogP contribution in [0.4, 0.5) is 0 Å². The molecule has 2 saturated carbocycles. The van der Waals surface area contributed by atoms with E-state index in [1.807, 2.05) is 5.92 Å². The van der Waals surface area contributed by atoms with Crippen LogP contribution in [-0.2, 0) is 4.74 Å². The average Bonchev–Trinajstić information content (AvgIpc) is 3.05. The third-order valence-corrected chi connectivity index (χ3v) is 4.89. The molecule has 0 N–H and O–H groups in total. The van der Waals surface area contributed by atoms with Crippen molar-refractivity contribution in [3.63, 3.8) is 0 Å². The Balaban J connectivity index is 1.68. The van der Waals surface area contributed by atoms with Crippen LogP contribution < -0.4 is 0 Å². The molecule has 4 unspecified atom stereocenters. The molecule has 0 aromatic carbocycles. The molecule has 1 aliphatic heterocycles. The van der Waals surface area contributed by atoms with Crippen LogP contribution in [0.1, 0.15) is 52.4 Å².